The van der Waals surface area contributed by atoms with Gasteiger partial charge in [0.15, 0.2) is 0 Å². The maximum absolute atomic E-state index is 12.0. The minimum Gasteiger partial charge on any atom is -0.481 e. The number of likely N-dealkylation sites (tertiary alicyclic amines) is 2. The van der Waals surface area contributed by atoms with Gasteiger partial charge in [0.1, 0.15) is 11.0 Å². The number of carboxylic acid groups (broad SMARTS) is 1. The number of carbonyl (C=O) groups is 2. The van der Waals surface area contributed by atoms with Crippen LogP contribution in [0, 0.1) is 5.41 Å². The van der Waals surface area contributed by atoms with Crippen molar-refractivity contribution in [2.24, 2.45) is 5.41 Å². The number of hydrogen-bond acceptors (Lipinski definition) is 5. The van der Waals surface area contributed by atoms with Crippen LogP contribution >= 0.6 is 0 Å². The number of aliphatic hydroxyl groups is 1. The lowest BCUT2D eigenvalue weighted by molar-refractivity contribution is -0.191. The van der Waals surface area contributed by atoms with Crippen LogP contribution in [0.5, 0.6) is 0 Å². The molecule has 2 aliphatic heterocycles. The maximum Gasteiger partial charge on any atom is 0.410 e. The van der Waals surface area contributed by atoms with Crippen molar-refractivity contribution >= 4 is 12.1 Å². The molecule has 0 radical (unpaired) electrons. The summed E-state index contributed by atoms with van der Waals surface area (Å²) in [5.41, 5.74) is -3.22. The summed E-state index contributed by atoms with van der Waals surface area (Å²) < 4.78 is 5.23. The van der Waals surface area contributed by atoms with Crippen LogP contribution in [0.3, 0.4) is 0 Å². The smallest absolute Gasteiger partial charge is 0.410 e. The molecule has 1 unspecified atom stereocenters. The Morgan fingerprint density at radius 1 is 1.19 bits per heavy atom. The summed E-state index contributed by atoms with van der Waals surface area (Å²) in [5, 5.41) is 20.3. The van der Waals surface area contributed by atoms with Gasteiger partial charge in [-0.05, 0) is 34.2 Å². The zero-order chi connectivity index (χ0) is 16.1. The van der Waals surface area contributed by atoms with E-state index < -0.39 is 28.7 Å². The summed E-state index contributed by atoms with van der Waals surface area (Å²) in [6.07, 6.45) is -0.132. The van der Waals surface area contributed by atoms with E-state index in [0.29, 0.717) is 19.5 Å². The summed E-state index contributed by atoms with van der Waals surface area (Å²) in [5.74, 6) is -1.06. The number of β-amino-alcohol motifs (C(OH)–C–C–N with tert-alkyl or cyclic N) is 1. The zero-order valence-corrected chi connectivity index (χ0v) is 13.0. The monoisotopic (exact) mass is 300 g/mol. The Balaban J connectivity index is 2.09. The summed E-state index contributed by atoms with van der Waals surface area (Å²) in [6.45, 7) is 6.21. The Hall–Kier alpha value is -1.34. The van der Waals surface area contributed by atoms with E-state index in [1.165, 1.54) is 4.90 Å². The number of likely N-dealkylation sites (N-methyl/N-ethyl adjacent to an activating group) is 1. The van der Waals surface area contributed by atoms with Gasteiger partial charge in [-0.15, -0.1) is 0 Å². The van der Waals surface area contributed by atoms with E-state index >= 15 is 0 Å². The van der Waals surface area contributed by atoms with E-state index in [-0.39, 0.29) is 13.1 Å². The fraction of sp³-hybridized carbons (Fsp3) is 0.857. The van der Waals surface area contributed by atoms with Gasteiger partial charge in [-0.3, -0.25) is 4.79 Å². The largest absolute Gasteiger partial charge is 0.481 e. The number of carbonyl (C=O) groups excluding carboxylic acids is 1. The highest BCUT2D eigenvalue weighted by atomic mass is 16.6. The molecule has 0 aromatic heterocycles. The third-order valence-corrected chi connectivity index (χ3v) is 4.31. The fourth-order valence-corrected chi connectivity index (χ4v) is 3.06. The van der Waals surface area contributed by atoms with Crippen LogP contribution in [0.4, 0.5) is 4.79 Å². The summed E-state index contributed by atoms with van der Waals surface area (Å²) in [4.78, 5) is 26.9. The molecule has 0 aromatic rings. The van der Waals surface area contributed by atoms with Gasteiger partial charge in [-0.1, -0.05) is 0 Å². The molecule has 21 heavy (non-hydrogen) atoms. The van der Waals surface area contributed by atoms with E-state index in [0.717, 1.165) is 0 Å². The molecule has 0 aliphatic carbocycles. The van der Waals surface area contributed by atoms with Crippen LogP contribution in [-0.2, 0) is 9.53 Å². The first-order valence-corrected chi connectivity index (χ1v) is 7.11. The molecule has 0 bridgehead atoms. The summed E-state index contributed by atoms with van der Waals surface area (Å²) in [6, 6.07) is 0. The van der Waals surface area contributed by atoms with Gasteiger partial charge < -0.3 is 24.7 Å². The maximum atomic E-state index is 12.0. The topological polar surface area (TPSA) is 90.3 Å². The SMILES string of the molecule is CN1CCC(O)(C2(C(=O)O)CN(C(=O)OC(C)(C)C)C2)C1. The van der Waals surface area contributed by atoms with Crippen LogP contribution in [-0.4, -0.2) is 76.5 Å². The summed E-state index contributed by atoms with van der Waals surface area (Å²) in [7, 11) is 1.85. The van der Waals surface area contributed by atoms with Crippen molar-refractivity contribution in [3.05, 3.63) is 0 Å². The molecule has 2 rings (SSSR count). The molecule has 7 nitrogen and oxygen atoms in total. The lowest BCUT2D eigenvalue weighted by Crippen LogP contribution is -2.72. The third kappa shape index (κ3) is 2.72. The minimum absolute atomic E-state index is 0.0123. The van der Waals surface area contributed by atoms with Crippen LogP contribution < -0.4 is 0 Å². The van der Waals surface area contributed by atoms with Crippen molar-refractivity contribution in [1.82, 2.24) is 9.80 Å². The van der Waals surface area contributed by atoms with Gasteiger partial charge in [0.05, 0.1) is 5.60 Å². The molecule has 1 atom stereocenters. The quantitative estimate of drug-likeness (QED) is 0.766. The molecule has 0 aromatic carbocycles. The average molecular weight is 300 g/mol. The number of hydrogen-bond donors (Lipinski definition) is 2. The highest BCUT2D eigenvalue weighted by Crippen LogP contribution is 2.46. The fourth-order valence-electron chi connectivity index (χ4n) is 3.06. The van der Waals surface area contributed by atoms with Gasteiger partial charge in [-0.2, -0.15) is 0 Å². The molecule has 2 aliphatic rings. The van der Waals surface area contributed by atoms with Crippen molar-refractivity contribution < 1.29 is 24.5 Å². The second kappa shape index (κ2) is 4.84. The van der Waals surface area contributed by atoms with Crippen LogP contribution in [0.25, 0.3) is 0 Å². The average Bonchev–Trinajstić information content (AvgIpc) is 2.54. The number of nitrogens with zero attached hydrogens (tertiary/aromatic N) is 2. The molecule has 2 saturated heterocycles. The van der Waals surface area contributed by atoms with Crippen molar-refractivity contribution in [2.45, 2.75) is 38.4 Å². The highest BCUT2D eigenvalue weighted by Gasteiger charge is 2.65. The summed E-state index contributed by atoms with van der Waals surface area (Å²) >= 11 is 0. The number of amides is 1. The first-order valence-electron chi connectivity index (χ1n) is 7.11. The second-order valence-electron chi connectivity index (χ2n) is 7.24. The number of ether oxygens (including phenoxy) is 1. The van der Waals surface area contributed by atoms with E-state index in [2.05, 4.69) is 0 Å². The Kier molecular flexibility index (Phi) is 3.70. The van der Waals surface area contributed by atoms with Gasteiger partial charge in [0, 0.05) is 26.2 Å². The van der Waals surface area contributed by atoms with Crippen molar-refractivity contribution in [3.63, 3.8) is 0 Å². The number of rotatable bonds is 2. The van der Waals surface area contributed by atoms with E-state index in [1.807, 2.05) is 11.9 Å². The van der Waals surface area contributed by atoms with E-state index in [4.69, 9.17) is 4.74 Å². The second-order valence-corrected chi connectivity index (χ2v) is 7.24. The molecule has 2 fully saturated rings. The Morgan fingerprint density at radius 3 is 2.14 bits per heavy atom. The van der Waals surface area contributed by atoms with E-state index in [1.54, 1.807) is 20.8 Å². The van der Waals surface area contributed by atoms with Crippen molar-refractivity contribution in [3.8, 4) is 0 Å². The third-order valence-electron chi connectivity index (χ3n) is 4.31. The van der Waals surface area contributed by atoms with Crippen LogP contribution in [0.15, 0.2) is 0 Å². The molecule has 2 N–H and O–H groups in total. The molecule has 0 saturated carbocycles. The molecule has 0 spiro atoms. The normalized spacial score (nSPS) is 29.1. The molecular weight excluding hydrogens is 276 g/mol. The Bertz CT molecular complexity index is 453. The van der Waals surface area contributed by atoms with Gasteiger partial charge in [0.2, 0.25) is 0 Å². The van der Waals surface area contributed by atoms with Gasteiger partial charge in [-0.25, -0.2) is 4.79 Å². The zero-order valence-electron chi connectivity index (χ0n) is 13.0. The van der Waals surface area contributed by atoms with Gasteiger partial charge in [0.25, 0.3) is 0 Å². The number of aliphatic carboxylic acids is 1. The molecule has 7 heteroatoms. The van der Waals surface area contributed by atoms with Crippen LogP contribution in [0.1, 0.15) is 27.2 Å². The lowest BCUT2D eigenvalue weighted by atomic mass is 9.65. The van der Waals surface area contributed by atoms with Crippen molar-refractivity contribution in [1.29, 1.82) is 0 Å². The first kappa shape index (κ1) is 16.0. The highest BCUT2D eigenvalue weighted by molar-refractivity contribution is 5.82. The minimum atomic E-state index is -1.30. The van der Waals surface area contributed by atoms with Gasteiger partial charge >= 0.3 is 12.1 Å². The molecule has 2 heterocycles. The van der Waals surface area contributed by atoms with Crippen molar-refractivity contribution in [2.75, 3.05) is 33.2 Å². The lowest BCUT2D eigenvalue weighted by Gasteiger charge is -2.53. The molecule has 1 amide bonds. The Morgan fingerprint density at radius 2 is 1.76 bits per heavy atom. The molecular formula is C14H24N2O5. The van der Waals surface area contributed by atoms with E-state index in [9.17, 15) is 19.8 Å². The predicted molar refractivity (Wildman–Crippen MR) is 74.9 cm³/mol. The standard InChI is InChI=1S/C14H24N2O5/c1-12(2,3)21-11(19)16-7-13(8-16,10(17)18)14(20)5-6-15(4)9-14/h20H,5-9H2,1-4H3,(H,17,18). The Labute approximate surface area is 124 Å². The molecule has 120 valence electrons. The van der Waals surface area contributed by atoms with Crippen LogP contribution in [0.2, 0.25) is 0 Å². The first-order chi connectivity index (χ1) is 9.49. The predicted octanol–water partition coefficient (Wildman–Crippen LogP) is 0.375. The number of carboxylic acids is 1.